The summed E-state index contributed by atoms with van der Waals surface area (Å²) in [6, 6.07) is 3.65. The Balaban J connectivity index is 1.71. The Labute approximate surface area is 179 Å². The highest BCUT2D eigenvalue weighted by Gasteiger charge is 2.38. The maximum Gasteiger partial charge on any atom is 0.434 e. The lowest BCUT2D eigenvalue weighted by atomic mass is 10.1. The number of anilines is 1. The first-order valence-corrected chi connectivity index (χ1v) is 10.0. The Morgan fingerprint density at radius 2 is 2.06 bits per heavy atom. The van der Waals surface area contributed by atoms with Crippen LogP contribution in [0.25, 0.3) is 11.0 Å². The average molecular weight is 453 g/mol. The Morgan fingerprint density at radius 3 is 2.71 bits per heavy atom. The molecule has 164 valence electrons. The number of aliphatic hydroxyl groups is 1. The first-order chi connectivity index (χ1) is 14.7. The van der Waals surface area contributed by atoms with E-state index in [4.69, 9.17) is 4.18 Å². The van der Waals surface area contributed by atoms with Gasteiger partial charge in [0.1, 0.15) is 5.82 Å². The molecule has 0 radical (unpaired) electrons. The number of aromatic nitrogens is 4. The molecule has 8 nitrogen and oxygen atoms in total. The Hall–Kier alpha value is -2.70. The van der Waals surface area contributed by atoms with Gasteiger partial charge >= 0.3 is 6.18 Å². The fourth-order valence-electron chi connectivity index (χ4n) is 3.55. The summed E-state index contributed by atoms with van der Waals surface area (Å²) >= 11 is 1.13. The van der Waals surface area contributed by atoms with Crippen molar-refractivity contribution in [3.05, 3.63) is 41.0 Å². The van der Waals surface area contributed by atoms with Crippen LogP contribution in [0.1, 0.15) is 34.4 Å². The van der Waals surface area contributed by atoms with Gasteiger partial charge in [-0.05, 0) is 24.6 Å². The van der Waals surface area contributed by atoms with Crippen molar-refractivity contribution in [3.63, 3.8) is 0 Å². The first kappa shape index (κ1) is 21.5. The highest BCUT2D eigenvalue weighted by molar-refractivity contribution is 7.94. The molecule has 31 heavy (non-hydrogen) atoms. The molecular weight excluding hydrogens is 435 g/mol. The quantitative estimate of drug-likeness (QED) is 0.465. The molecule has 0 bridgehead atoms. The third-order valence-corrected chi connectivity index (χ3v) is 5.71. The van der Waals surface area contributed by atoms with E-state index in [-0.39, 0.29) is 19.1 Å². The number of aliphatic hydroxyl groups excluding tert-OH is 1. The van der Waals surface area contributed by atoms with Gasteiger partial charge in [0.15, 0.2) is 11.5 Å². The van der Waals surface area contributed by atoms with Gasteiger partial charge in [0.25, 0.3) is 0 Å². The van der Waals surface area contributed by atoms with Crippen LogP contribution in [-0.2, 0) is 30.1 Å². The minimum atomic E-state index is -4.77. The molecule has 0 spiro atoms. The smallest absolute Gasteiger partial charge is 0.392 e. The van der Waals surface area contributed by atoms with E-state index in [2.05, 4.69) is 15.0 Å². The van der Waals surface area contributed by atoms with Crippen molar-refractivity contribution in [3.8, 4) is 0 Å². The molecule has 0 amide bonds. The van der Waals surface area contributed by atoms with E-state index in [0.29, 0.717) is 30.0 Å². The minimum absolute atomic E-state index is 0.109. The molecule has 0 aliphatic carbocycles. The molecule has 1 N–H and O–H groups in total. The molecule has 1 aromatic carbocycles. The molecule has 0 unspecified atom stereocenters. The number of alkyl halides is 3. The molecule has 1 aliphatic rings. The first-order valence-electron chi connectivity index (χ1n) is 9.26. The van der Waals surface area contributed by atoms with E-state index in [0.717, 1.165) is 35.6 Å². The number of benzene rings is 1. The van der Waals surface area contributed by atoms with Gasteiger partial charge in [-0.2, -0.15) is 13.2 Å². The number of imidazole rings is 1. The van der Waals surface area contributed by atoms with Gasteiger partial charge in [-0.1, -0.05) is 0 Å². The second-order valence-electron chi connectivity index (χ2n) is 6.94. The average Bonchev–Trinajstić information content (AvgIpc) is 3.08. The minimum Gasteiger partial charge on any atom is -0.392 e. The summed E-state index contributed by atoms with van der Waals surface area (Å²) < 4.78 is 47.3. The van der Waals surface area contributed by atoms with Crippen LogP contribution in [0.2, 0.25) is 0 Å². The fraction of sp³-hybridized carbons (Fsp3) is 0.368. The van der Waals surface area contributed by atoms with Crippen molar-refractivity contribution in [2.45, 2.75) is 37.7 Å². The number of hydrogen-bond donors (Lipinski definition) is 1. The SMILES string of the molecule is COSc1cc2c(cc1CO)nc1n2CCN(c2ncc(C(C)=O)c(C(F)(F)F)n2)C1. The molecule has 0 saturated heterocycles. The standard InChI is InChI=1S/C19H18F3N5O3S/c1-10(29)12-7-23-18(25-17(12)19(20,21)22)26-3-4-27-14-6-15(31-30-2)11(9-28)5-13(14)24-16(27)8-26/h5-7,28H,3-4,8-9H2,1-2H3. The molecule has 4 rings (SSSR count). The largest absolute Gasteiger partial charge is 0.434 e. The van der Waals surface area contributed by atoms with E-state index in [9.17, 15) is 23.1 Å². The van der Waals surface area contributed by atoms with Gasteiger partial charge in [-0.3, -0.25) is 4.79 Å². The predicted molar refractivity (Wildman–Crippen MR) is 107 cm³/mol. The van der Waals surface area contributed by atoms with Crippen LogP contribution in [0.3, 0.4) is 0 Å². The molecule has 3 aromatic rings. The summed E-state index contributed by atoms with van der Waals surface area (Å²) in [6.45, 7) is 1.90. The topological polar surface area (TPSA) is 93.4 Å². The zero-order valence-electron chi connectivity index (χ0n) is 16.6. The van der Waals surface area contributed by atoms with Gasteiger partial charge in [-0.15, -0.1) is 0 Å². The molecule has 2 aromatic heterocycles. The third-order valence-electron chi connectivity index (χ3n) is 4.99. The van der Waals surface area contributed by atoms with Crippen molar-refractivity contribution in [2.24, 2.45) is 0 Å². The molecule has 0 saturated carbocycles. The number of ketones is 1. The van der Waals surface area contributed by atoms with Gasteiger partial charge in [0, 0.05) is 36.2 Å². The van der Waals surface area contributed by atoms with Crippen LogP contribution in [-0.4, -0.2) is 44.1 Å². The lowest BCUT2D eigenvalue weighted by molar-refractivity contribution is -0.141. The van der Waals surface area contributed by atoms with Crippen LogP contribution >= 0.6 is 12.0 Å². The van der Waals surface area contributed by atoms with E-state index >= 15 is 0 Å². The molecule has 12 heteroatoms. The summed E-state index contributed by atoms with van der Waals surface area (Å²) in [7, 11) is 1.53. The second-order valence-corrected chi connectivity index (χ2v) is 7.88. The summed E-state index contributed by atoms with van der Waals surface area (Å²) in [5.74, 6) is -0.219. The fourth-order valence-corrected chi connectivity index (χ4v) is 4.12. The monoisotopic (exact) mass is 453 g/mol. The number of Topliss-reactive ketones (excluding diaryl/α,β-unsaturated/α-hetero) is 1. The van der Waals surface area contributed by atoms with Gasteiger partial charge in [0.05, 0.1) is 36.9 Å². The Morgan fingerprint density at radius 1 is 1.29 bits per heavy atom. The number of fused-ring (bicyclic) bond motifs is 3. The third kappa shape index (κ3) is 3.98. The summed E-state index contributed by atoms with van der Waals surface area (Å²) in [4.78, 5) is 26.2. The van der Waals surface area contributed by atoms with Gasteiger partial charge in [0.2, 0.25) is 5.95 Å². The van der Waals surface area contributed by atoms with Crippen molar-refractivity contribution in [2.75, 3.05) is 18.6 Å². The maximum absolute atomic E-state index is 13.4. The molecule has 1 aliphatic heterocycles. The maximum atomic E-state index is 13.4. The number of rotatable bonds is 5. The zero-order chi connectivity index (χ0) is 22.3. The number of carbonyl (C=O) groups is 1. The van der Waals surface area contributed by atoms with Crippen LogP contribution in [0, 0.1) is 0 Å². The van der Waals surface area contributed by atoms with E-state index < -0.39 is 23.2 Å². The number of hydrogen-bond acceptors (Lipinski definition) is 8. The van der Waals surface area contributed by atoms with Crippen molar-refractivity contribution in [1.82, 2.24) is 19.5 Å². The van der Waals surface area contributed by atoms with Gasteiger partial charge in [-0.25, -0.2) is 15.0 Å². The number of nitrogens with zero attached hydrogens (tertiary/aromatic N) is 5. The van der Waals surface area contributed by atoms with Crippen LogP contribution < -0.4 is 4.90 Å². The lowest BCUT2D eigenvalue weighted by Crippen LogP contribution is -2.35. The predicted octanol–water partition coefficient (Wildman–Crippen LogP) is 3.21. The number of carbonyl (C=O) groups excluding carboxylic acids is 1. The Kier molecular flexibility index (Phi) is 5.62. The van der Waals surface area contributed by atoms with Crippen LogP contribution in [0.4, 0.5) is 19.1 Å². The normalized spacial score (nSPS) is 14.2. The second kappa shape index (κ2) is 8.09. The zero-order valence-corrected chi connectivity index (χ0v) is 17.4. The van der Waals surface area contributed by atoms with E-state index in [1.165, 1.54) is 7.11 Å². The van der Waals surface area contributed by atoms with E-state index in [1.54, 1.807) is 11.0 Å². The van der Waals surface area contributed by atoms with Crippen molar-refractivity contribution < 1.29 is 27.3 Å². The highest BCUT2D eigenvalue weighted by atomic mass is 32.2. The Bertz CT molecular complexity index is 1160. The van der Waals surface area contributed by atoms with Crippen molar-refractivity contribution >= 4 is 34.8 Å². The van der Waals surface area contributed by atoms with Crippen LogP contribution in [0.5, 0.6) is 0 Å². The summed E-state index contributed by atoms with van der Waals surface area (Å²) in [5, 5.41) is 9.61. The highest BCUT2D eigenvalue weighted by Crippen LogP contribution is 2.33. The lowest BCUT2D eigenvalue weighted by Gasteiger charge is -2.28. The van der Waals surface area contributed by atoms with Gasteiger partial charge < -0.3 is 18.8 Å². The molecular formula is C19H18F3N5O3S. The van der Waals surface area contributed by atoms with Crippen molar-refractivity contribution in [1.29, 1.82) is 0 Å². The van der Waals surface area contributed by atoms with Crippen LogP contribution in [0.15, 0.2) is 23.2 Å². The van der Waals surface area contributed by atoms with E-state index in [1.807, 2.05) is 10.6 Å². The molecule has 3 heterocycles. The summed E-state index contributed by atoms with van der Waals surface area (Å²) in [5.41, 5.74) is 0.392. The molecule has 0 atom stereocenters. The number of halogens is 3. The summed E-state index contributed by atoms with van der Waals surface area (Å²) in [6.07, 6.45) is -3.84. The molecule has 0 fully saturated rings.